The van der Waals surface area contributed by atoms with E-state index in [0.29, 0.717) is 12.3 Å². The number of nitrogens with one attached hydrogen (secondary N) is 1. The first-order valence-electron chi connectivity index (χ1n) is 7.49. The maximum absolute atomic E-state index is 12.5. The Balaban J connectivity index is 1.79. The van der Waals surface area contributed by atoms with Gasteiger partial charge in [0.05, 0.1) is 5.92 Å². The lowest BCUT2D eigenvalue weighted by Gasteiger charge is -2.33. The van der Waals surface area contributed by atoms with Crippen LogP contribution in [-0.4, -0.2) is 29.7 Å². The predicted molar refractivity (Wildman–Crippen MR) is 79.3 cm³/mol. The molecule has 1 aromatic carbocycles. The van der Waals surface area contributed by atoms with Crippen LogP contribution >= 0.6 is 0 Å². The van der Waals surface area contributed by atoms with E-state index in [1.165, 1.54) is 0 Å². The molecule has 3 rings (SSSR count). The summed E-state index contributed by atoms with van der Waals surface area (Å²) in [5, 5.41) is 12.3. The first kappa shape index (κ1) is 13.9. The summed E-state index contributed by atoms with van der Waals surface area (Å²) < 4.78 is 0. The van der Waals surface area contributed by atoms with E-state index in [1.54, 1.807) is 4.90 Å². The van der Waals surface area contributed by atoms with Crippen molar-refractivity contribution in [2.45, 2.75) is 32.2 Å². The van der Waals surface area contributed by atoms with Gasteiger partial charge < -0.3 is 10.4 Å². The van der Waals surface area contributed by atoms with Crippen molar-refractivity contribution in [2.75, 3.05) is 11.4 Å². The van der Waals surface area contributed by atoms with E-state index >= 15 is 0 Å². The average molecular weight is 288 g/mol. The largest absolute Gasteiger partial charge is 0.481 e. The fourth-order valence-corrected chi connectivity index (χ4v) is 3.07. The normalized spacial score (nSPS) is 26.9. The van der Waals surface area contributed by atoms with Gasteiger partial charge in [-0.25, -0.2) is 4.79 Å². The lowest BCUT2D eigenvalue weighted by Crippen LogP contribution is -2.48. The third-order valence-corrected chi connectivity index (χ3v) is 4.50. The molecule has 0 aromatic heterocycles. The number of fused-ring (bicyclic) bond motifs is 1. The zero-order valence-corrected chi connectivity index (χ0v) is 12.1. The van der Waals surface area contributed by atoms with Crippen LogP contribution in [-0.2, 0) is 11.2 Å². The molecule has 0 saturated heterocycles. The van der Waals surface area contributed by atoms with Gasteiger partial charge in [0.1, 0.15) is 0 Å². The van der Waals surface area contributed by atoms with Crippen molar-refractivity contribution >= 4 is 17.7 Å². The molecule has 2 aliphatic rings. The summed E-state index contributed by atoms with van der Waals surface area (Å²) in [7, 11) is 0. The summed E-state index contributed by atoms with van der Waals surface area (Å²) in [5.41, 5.74) is 1.76. The van der Waals surface area contributed by atoms with Crippen LogP contribution in [0.1, 0.15) is 25.3 Å². The zero-order chi connectivity index (χ0) is 15.0. The van der Waals surface area contributed by atoms with Gasteiger partial charge in [-0.3, -0.25) is 9.69 Å². The molecule has 5 heteroatoms. The maximum Gasteiger partial charge on any atom is 0.322 e. The maximum atomic E-state index is 12.5. The Labute approximate surface area is 123 Å². The monoisotopic (exact) mass is 288 g/mol. The van der Waals surface area contributed by atoms with Crippen molar-refractivity contribution < 1.29 is 14.7 Å². The summed E-state index contributed by atoms with van der Waals surface area (Å²) in [6.07, 6.45) is 2.58. The van der Waals surface area contributed by atoms with E-state index in [2.05, 4.69) is 12.2 Å². The lowest BCUT2D eigenvalue weighted by atomic mass is 9.93. The summed E-state index contributed by atoms with van der Waals surface area (Å²) >= 11 is 0. The number of anilines is 1. The highest BCUT2D eigenvalue weighted by Crippen LogP contribution is 2.34. The second-order valence-electron chi connectivity index (χ2n) is 5.94. The molecule has 1 fully saturated rings. The molecule has 112 valence electrons. The summed E-state index contributed by atoms with van der Waals surface area (Å²) in [6.45, 7) is 2.36. The molecule has 2 N–H and O–H groups in total. The number of hydrogen-bond donors (Lipinski definition) is 2. The smallest absolute Gasteiger partial charge is 0.322 e. The van der Waals surface area contributed by atoms with Crippen LogP contribution in [0.5, 0.6) is 0 Å². The minimum absolute atomic E-state index is 0.172. The van der Waals surface area contributed by atoms with Crippen molar-refractivity contribution in [1.82, 2.24) is 5.32 Å². The quantitative estimate of drug-likeness (QED) is 0.896. The fraction of sp³-hybridized carbons (Fsp3) is 0.500. The second kappa shape index (κ2) is 5.39. The minimum Gasteiger partial charge on any atom is -0.481 e. The van der Waals surface area contributed by atoms with E-state index in [4.69, 9.17) is 0 Å². The van der Waals surface area contributed by atoms with E-state index in [-0.39, 0.29) is 18.6 Å². The Morgan fingerprint density at radius 1 is 1.38 bits per heavy atom. The van der Waals surface area contributed by atoms with Crippen molar-refractivity contribution in [1.29, 1.82) is 0 Å². The van der Waals surface area contributed by atoms with Crippen molar-refractivity contribution in [3.05, 3.63) is 29.8 Å². The van der Waals surface area contributed by atoms with Crippen LogP contribution in [0, 0.1) is 11.8 Å². The Kier molecular flexibility index (Phi) is 3.57. The topological polar surface area (TPSA) is 69.6 Å². The second-order valence-corrected chi connectivity index (χ2v) is 5.94. The number of benzene rings is 1. The third-order valence-electron chi connectivity index (χ3n) is 4.50. The summed E-state index contributed by atoms with van der Waals surface area (Å²) in [6, 6.07) is 7.63. The van der Waals surface area contributed by atoms with E-state index < -0.39 is 11.9 Å². The molecule has 0 radical (unpaired) electrons. The van der Waals surface area contributed by atoms with Crippen molar-refractivity contribution in [3.63, 3.8) is 0 Å². The molecule has 3 atom stereocenters. The fourth-order valence-electron chi connectivity index (χ4n) is 3.07. The van der Waals surface area contributed by atoms with E-state index in [1.807, 2.05) is 24.3 Å². The Bertz CT molecular complexity index is 572. The first-order chi connectivity index (χ1) is 10.1. The highest BCUT2D eigenvalue weighted by molar-refractivity contribution is 5.95. The molecule has 5 nitrogen and oxygen atoms in total. The van der Waals surface area contributed by atoms with Crippen LogP contribution in [0.2, 0.25) is 0 Å². The highest BCUT2D eigenvalue weighted by atomic mass is 16.4. The van der Waals surface area contributed by atoms with Gasteiger partial charge >= 0.3 is 12.0 Å². The predicted octanol–water partition coefficient (Wildman–Crippen LogP) is 2.26. The molecule has 2 amide bonds. The number of carboxylic acids is 1. The summed E-state index contributed by atoms with van der Waals surface area (Å²) in [4.78, 5) is 25.4. The van der Waals surface area contributed by atoms with E-state index in [0.717, 1.165) is 24.1 Å². The van der Waals surface area contributed by atoms with Gasteiger partial charge in [-0.05, 0) is 30.4 Å². The van der Waals surface area contributed by atoms with Crippen LogP contribution < -0.4 is 10.2 Å². The van der Waals surface area contributed by atoms with Crippen molar-refractivity contribution in [3.8, 4) is 0 Å². The van der Waals surface area contributed by atoms with Gasteiger partial charge in [-0.15, -0.1) is 0 Å². The molecular weight excluding hydrogens is 268 g/mol. The van der Waals surface area contributed by atoms with Crippen LogP contribution in [0.25, 0.3) is 0 Å². The molecule has 1 aromatic rings. The van der Waals surface area contributed by atoms with Gasteiger partial charge in [0, 0.05) is 18.3 Å². The number of carbonyl (C=O) groups is 2. The molecule has 1 aliphatic carbocycles. The number of carbonyl (C=O) groups excluding carboxylic acids is 1. The number of hydrogen-bond acceptors (Lipinski definition) is 2. The number of amides is 2. The SMILES string of the molecule is CCC1CC1NC(=O)N1CC(C(=O)O)Cc2ccccc21. The molecule has 0 spiro atoms. The molecule has 1 saturated carbocycles. The molecule has 21 heavy (non-hydrogen) atoms. The Morgan fingerprint density at radius 2 is 2.14 bits per heavy atom. The number of carboxylic acid groups (broad SMARTS) is 1. The Hall–Kier alpha value is -2.04. The molecule has 1 aliphatic heterocycles. The molecular formula is C16H20N2O3. The molecule has 1 heterocycles. The third kappa shape index (κ3) is 2.73. The summed E-state index contributed by atoms with van der Waals surface area (Å²) in [5.74, 6) is -0.809. The van der Waals surface area contributed by atoms with Gasteiger partial charge in [0.2, 0.25) is 0 Å². The number of rotatable bonds is 3. The number of nitrogens with zero attached hydrogens (tertiary/aromatic N) is 1. The average Bonchev–Trinajstić information content (AvgIpc) is 3.24. The molecule has 3 unspecified atom stereocenters. The zero-order valence-electron chi connectivity index (χ0n) is 12.1. The number of urea groups is 1. The number of para-hydroxylation sites is 1. The lowest BCUT2D eigenvalue weighted by molar-refractivity contribution is -0.141. The standard InChI is InChI=1S/C16H20N2O3/c1-2-10-8-13(10)17-16(21)18-9-12(15(19)20)7-11-5-3-4-6-14(11)18/h3-6,10,12-13H,2,7-9H2,1H3,(H,17,21)(H,19,20). The van der Waals surface area contributed by atoms with Crippen LogP contribution in [0.3, 0.4) is 0 Å². The van der Waals surface area contributed by atoms with Gasteiger partial charge in [0.15, 0.2) is 0 Å². The van der Waals surface area contributed by atoms with Gasteiger partial charge in [0.25, 0.3) is 0 Å². The highest BCUT2D eigenvalue weighted by Gasteiger charge is 2.39. The van der Waals surface area contributed by atoms with Gasteiger partial charge in [-0.2, -0.15) is 0 Å². The Morgan fingerprint density at radius 3 is 2.81 bits per heavy atom. The van der Waals surface area contributed by atoms with Crippen LogP contribution in [0.4, 0.5) is 10.5 Å². The van der Waals surface area contributed by atoms with Crippen molar-refractivity contribution in [2.24, 2.45) is 11.8 Å². The van der Waals surface area contributed by atoms with E-state index in [9.17, 15) is 14.7 Å². The number of aliphatic carboxylic acids is 1. The molecule has 0 bridgehead atoms. The van der Waals surface area contributed by atoms with Gasteiger partial charge in [-0.1, -0.05) is 31.5 Å². The minimum atomic E-state index is -0.847. The first-order valence-corrected chi connectivity index (χ1v) is 7.49. The van der Waals surface area contributed by atoms with Crippen LogP contribution in [0.15, 0.2) is 24.3 Å².